The molecule has 0 fully saturated rings. The van der Waals surface area contributed by atoms with Crippen LogP contribution in [0.5, 0.6) is 0 Å². The summed E-state index contributed by atoms with van der Waals surface area (Å²) in [7, 11) is 0. The Morgan fingerprint density at radius 3 is 2.61 bits per heavy atom. The molecule has 0 aromatic heterocycles. The number of aryl methyl sites for hydroxylation is 1. The Hall–Kier alpha value is -2.70. The lowest BCUT2D eigenvalue weighted by Gasteiger charge is -2.41. The quantitative estimate of drug-likeness (QED) is 0.594. The van der Waals surface area contributed by atoms with Crippen LogP contribution >= 0.6 is 0 Å². The Bertz CT molecular complexity index is 888. The van der Waals surface area contributed by atoms with Gasteiger partial charge in [0, 0.05) is 11.6 Å². The van der Waals surface area contributed by atoms with Gasteiger partial charge in [0.1, 0.15) is 18.0 Å². The Morgan fingerprint density at radius 2 is 1.97 bits per heavy atom. The molecule has 0 saturated heterocycles. The van der Waals surface area contributed by atoms with Crippen LogP contribution < -0.4 is 0 Å². The van der Waals surface area contributed by atoms with Gasteiger partial charge in [0.25, 0.3) is 0 Å². The molecule has 3 rings (SSSR count). The van der Waals surface area contributed by atoms with Crippen molar-refractivity contribution in [2.24, 2.45) is 0 Å². The summed E-state index contributed by atoms with van der Waals surface area (Å²) in [4.78, 5) is 25.9. The van der Waals surface area contributed by atoms with Crippen LogP contribution in [0, 0.1) is 0 Å². The van der Waals surface area contributed by atoms with Gasteiger partial charge in [0.2, 0.25) is 6.41 Å². The van der Waals surface area contributed by atoms with Crippen molar-refractivity contribution in [1.29, 1.82) is 0 Å². The molecule has 1 aromatic carbocycles. The topological polar surface area (TPSA) is 87.1 Å². The highest BCUT2D eigenvalue weighted by atomic mass is 16.5. The molecular weight excluding hydrogens is 394 g/mol. The number of carbonyl (C=O) groups is 2. The molecule has 166 valence electrons. The van der Waals surface area contributed by atoms with E-state index in [1.54, 1.807) is 6.08 Å². The van der Waals surface area contributed by atoms with E-state index in [0.717, 1.165) is 19.3 Å². The maximum atomic E-state index is 12.7. The van der Waals surface area contributed by atoms with Crippen molar-refractivity contribution in [3.05, 3.63) is 71.2 Å². The van der Waals surface area contributed by atoms with Gasteiger partial charge in [0.05, 0.1) is 23.4 Å². The van der Waals surface area contributed by atoms with Crippen molar-refractivity contribution in [3.8, 4) is 0 Å². The van der Waals surface area contributed by atoms with Gasteiger partial charge in [-0.05, 0) is 38.2 Å². The van der Waals surface area contributed by atoms with Gasteiger partial charge in [-0.15, -0.1) is 0 Å². The molecule has 2 aliphatic rings. The Labute approximate surface area is 183 Å². The molecule has 0 saturated carbocycles. The minimum Gasteiger partial charge on any atom is -0.490 e. The lowest BCUT2D eigenvalue weighted by molar-refractivity contribution is -0.133. The Balaban J connectivity index is 1.76. The smallest absolute Gasteiger partial charge is 0.214 e. The first-order chi connectivity index (χ1) is 14.9. The number of benzene rings is 1. The number of hydrogen-bond acceptors (Lipinski definition) is 5. The molecule has 1 amide bonds. The van der Waals surface area contributed by atoms with Crippen molar-refractivity contribution in [1.82, 2.24) is 4.90 Å². The average molecular weight is 426 g/mol. The maximum Gasteiger partial charge on any atom is 0.214 e. The van der Waals surface area contributed by atoms with Gasteiger partial charge < -0.3 is 19.8 Å². The first kappa shape index (κ1) is 23.0. The van der Waals surface area contributed by atoms with Crippen LogP contribution in [0.1, 0.15) is 45.1 Å². The highest BCUT2D eigenvalue weighted by molar-refractivity contribution is 6.04. The number of amides is 1. The summed E-state index contributed by atoms with van der Waals surface area (Å²) >= 11 is 0. The summed E-state index contributed by atoms with van der Waals surface area (Å²) in [6.45, 7) is 7.76. The van der Waals surface area contributed by atoms with Crippen LogP contribution in [0.25, 0.3) is 0 Å². The predicted molar refractivity (Wildman–Crippen MR) is 118 cm³/mol. The van der Waals surface area contributed by atoms with Crippen LogP contribution in [0.2, 0.25) is 0 Å². The number of rotatable bonds is 9. The molecule has 1 aliphatic heterocycles. The fourth-order valence-corrected chi connectivity index (χ4v) is 4.23. The third-order valence-corrected chi connectivity index (χ3v) is 5.94. The third kappa shape index (κ3) is 4.81. The summed E-state index contributed by atoms with van der Waals surface area (Å²) in [5, 5.41) is 21.2. The lowest BCUT2D eigenvalue weighted by Crippen LogP contribution is -2.53. The number of Topliss-reactive ketones (excluding diaryl/α,β-unsaturated/α-hetero) is 1. The molecule has 1 aliphatic carbocycles. The summed E-state index contributed by atoms with van der Waals surface area (Å²) in [6.07, 6.45) is 3.22. The van der Waals surface area contributed by atoms with Crippen molar-refractivity contribution >= 4 is 12.2 Å². The summed E-state index contributed by atoms with van der Waals surface area (Å²) < 4.78 is 6.06. The van der Waals surface area contributed by atoms with Crippen LogP contribution in [0.3, 0.4) is 0 Å². The van der Waals surface area contributed by atoms with Gasteiger partial charge in [0.15, 0.2) is 5.78 Å². The second kappa shape index (κ2) is 10.1. The highest BCUT2D eigenvalue weighted by Gasteiger charge is 2.45. The molecule has 4 atom stereocenters. The number of hydrogen-bond donors (Lipinski definition) is 2. The van der Waals surface area contributed by atoms with E-state index in [4.69, 9.17) is 4.74 Å². The van der Waals surface area contributed by atoms with Crippen molar-refractivity contribution < 1.29 is 24.5 Å². The maximum absolute atomic E-state index is 12.7. The zero-order valence-electron chi connectivity index (χ0n) is 18.2. The summed E-state index contributed by atoms with van der Waals surface area (Å²) in [5.41, 5.74) is 1.81. The SMILES string of the molecule is C=C1C(OC(C)CCCc2ccccc2)=CC2=C(C(=O)C(O)C(CCC)N2C=O)C1O. The Morgan fingerprint density at radius 1 is 1.26 bits per heavy atom. The number of aliphatic hydroxyl groups excluding tert-OH is 2. The molecule has 6 nitrogen and oxygen atoms in total. The van der Waals surface area contributed by atoms with E-state index in [9.17, 15) is 19.8 Å². The number of ether oxygens (including phenoxy) is 1. The average Bonchev–Trinajstić information content (AvgIpc) is 2.76. The van der Waals surface area contributed by atoms with E-state index >= 15 is 0 Å². The number of nitrogens with zero attached hydrogens (tertiary/aromatic N) is 1. The van der Waals surface area contributed by atoms with E-state index in [-0.39, 0.29) is 22.9 Å². The fraction of sp³-hybridized carbons (Fsp3) is 0.440. The number of carbonyl (C=O) groups excluding carboxylic acids is 2. The van der Waals surface area contributed by atoms with E-state index < -0.39 is 24.0 Å². The van der Waals surface area contributed by atoms with E-state index in [1.165, 1.54) is 10.5 Å². The summed E-state index contributed by atoms with van der Waals surface area (Å²) in [5.74, 6) is -0.198. The van der Waals surface area contributed by atoms with Crippen LogP contribution in [0.4, 0.5) is 0 Å². The van der Waals surface area contributed by atoms with Gasteiger partial charge in [-0.2, -0.15) is 0 Å². The molecular formula is C25H31NO5. The molecule has 6 heteroatoms. The highest BCUT2D eigenvalue weighted by Crippen LogP contribution is 2.37. The van der Waals surface area contributed by atoms with Gasteiger partial charge in [-0.25, -0.2) is 0 Å². The van der Waals surface area contributed by atoms with Crippen LogP contribution in [0.15, 0.2) is 65.6 Å². The first-order valence-electron chi connectivity index (χ1n) is 10.9. The monoisotopic (exact) mass is 425 g/mol. The standard InChI is InChI=1S/C25H31NO5/c1-4-9-19-24(29)25(30)22-20(26(19)15-27)14-21(17(3)23(22)28)31-16(2)10-8-13-18-11-6-5-7-12-18/h5-7,11-12,14-16,19,23-24,28-29H,3-4,8-10,13H2,1-2H3. The predicted octanol–water partition coefficient (Wildman–Crippen LogP) is 3.05. The van der Waals surface area contributed by atoms with E-state index in [1.807, 2.05) is 32.0 Å². The molecule has 1 heterocycles. The Kier molecular flexibility index (Phi) is 7.46. The zero-order valence-corrected chi connectivity index (χ0v) is 18.2. The van der Waals surface area contributed by atoms with Crippen molar-refractivity contribution in [2.45, 2.75) is 70.3 Å². The normalized spacial score (nSPS) is 24.6. The molecule has 0 bridgehead atoms. The van der Waals surface area contributed by atoms with Crippen LogP contribution in [-0.4, -0.2) is 51.7 Å². The van der Waals surface area contributed by atoms with Gasteiger partial charge in [-0.1, -0.05) is 50.3 Å². The van der Waals surface area contributed by atoms with E-state index in [0.29, 0.717) is 25.0 Å². The van der Waals surface area contributed by atoms with Gasteiger partial charge in [-0.3, -0.25) is 9.59 Å². The summed E-state index contributed by atoms with van der Waals surface area (Å²) in [6, 6.07) is 9.56. The zero-order chi connectivity index (χ0) is 22.5. The van der Waals surface area contributed by atoms with Crippen molar-refractivity contribution in [3.63, 3.8) is 0 Å². The number of allylic oxidation sites excluding steroid dienone is 1. The molecule has 2 N–H and O–H groups in total. The van der Waals surface area contributed by atoms with Crippen LogP contribution in [-0.2, 0) is 20.7 Å². The molecule has 0 radical (unpaired) electrons. The second-order valence-corrected chi connectivity index (χ2v) is 8.22. The number of aliphatic hydroxyl groups is 2. The van der Waals surface area contributed by atoms with Crippen molar-refractivity contribution in [2.75, 3.05) is 0 Å². The molecule has 4 unspecified atom stereocenters. The second-order valence-electron chi connectivity index (χ2n) is 8.22. The first-order valence-corrected chi connectivity index (χ1v) is 10.9. The largest absolute Gasteiger partial charge is 0.490 e. The molecule has 31 heavy (non-hydrogen) atoms. The molecule has 1 aromatic rings. The van der Waals surface area contributed by atoms with Gasteiger partial charge >= 0.3 is 0 Å². The minimum atomic E-state index is -1.36. The number of ketones is 1. The van der Waals surface area contributed by atoms with E-state index in [2.05, 4.69) is 18.7 Å². The third-order valence-electron chi connectivity index (χ3n) is 5.94. The minimum absolute atomic E-state index is 0.000957. The molecule has 0 spiro atoms. The fourth-order valence-electron chi connectivity index (χ4n) is 4.23. The lowest BCUT2D eigenvalue weighted by atomic mass is 9.82.